The zero-order valence-corrected chi connectivity index (χ0v) is 15.0. The monoisotopic (exact) mass is 334 g/mol. The molecule has 0 saturated heterocycles. The first-order valence-corrected chi connectivity index (χ1v) is 8.16. The lowest BCUT2D eigenvalue weighted by Gasteiger charge is -2.10. The minimum atomic E-state index is -0.419. The number of hydrogen-bond donors (Lipinski definition) is 1. The van der Waals surface area contributed by atoms with Gasteiger partial charge in [0.15, 0.2) is 0 Å². The normalized spacial score (nSPS) is 11.1. The van der Waals surface area contributed by atoms with Crippen molar-refractivity contribution in [3.05, 3.63) is 64.7 Å². The largest absolute Gasteiger partial charge is 0.491 e. The molecular weight excluding hydrogens is 312 g/mol. The number of rotatable bonds is 5. The van der Waals surface area contributed by atoms with Crippen LogP contribution < -0.4 is 10.1 Å². The smallest absolute Gasteiger partial charge is 0.266 e. The van der Waals surface area contributed by atoms with Gasteiger partial charge in [0.25, 0.3) is 5.91 Å². The fourth-order valence-electron chi connectivity index (χ4n) is 2.37. The zero-order chi connectivity index (χ0) is 18.4. The van der Waals surface area contributed by atoms with Gasteiger partial charge in [0.1, 0.15) is 17.4 Å². The topological polar surface area (TPSA) is 62.1 Å². The summed E-state index contributed by atoms with van der Waals surface area (Å²) in [5.41, 5.74) is 3.61. The van der Waals surface area contributed by atoms with Crippen molar-refractivity contribution in [2.24, 2.45) is 0 Å². The molecular formula is C21H22N2O2. The highest BCUT2D eigenvalue weighted by Gasteiger charge is 2.11. The molecule has 0 bridgehead atoms. The second kappa shape index (κ2) is 8.16. The van der Waals surface area contributed by atoms with E-state index in [-0.39, 0.29) is 11.7 Å². The highest BCUT2D eigenvalue weighted by atomic mass is 16.5. The van der Waals surface area contributed by atoms with E-state index in [4.69, 9.17) is 4.74 Å². The molecule has 4 heteroatoms. The van der Waals surface area contributed by atoms with Crippen LogP contribution in [0.3, 0.4) is 0 Å². The Labute approximate surface area is 148 Å². The molecule has 0 aliphatic heterocycles. The predicted molar refractivity (Wildman–Crippen MR) is 100 cm³/mol. The van der Waals surface area contributed by atoms with Gasteiger partial charge in [-0.25, -0.2) is 0 Å². The van der Waals surface area contributed by atoms with Crippen molar-refractivity contribution in [2.45, 2.75) is 33.8 Å². The summed E-state index contributed by atoms with van der Waals surface area (Å²) in [6, 6.07) is 15.0. The Morgan fingerprint density at radius 2 is 1.84 bits per heavy atom. The van der Waals surface area contributed by atoms with E-state index in [1.165, 1.54) is 0 Å². The van der Waals surface area contributed by atoms with Crippen molar-refractivity contribution in [1.29, 1.82) is 5.26 Å². The van der Waals surface area contributed by atoms with Crippen LogP contribution in [0.5, 0.6) is 5.75 Å². The number of amides is 1. The summed E-state index contributed by atoms with van der Waals surface area (Å²) in [5.74, 6) is 0.336. The van der Waals surface area contributed by atoms with Crippen LogP contribution in [-0.2, 0) is 4.79 Å². The molecule has 128 valence electrons. The van der Waals surface area contributed by atoms with Crippen molar-refractivity contribution < 1.29 is 9.53 Å². The molecule has 0 radical (unpaired) electrons. The Balaban J connectivity index is 2.16. The third kappa shape index (κ3) is 5.22. The summed E-state index contributed by atoms with van der Waals surface area (Å²) in [6.45, 7) is 7.83. The van der Waals surface area contributed by atoms with Gasteiger partial charge in [-0.3, -0.25) is 4.79 Å². The molecule has 2 aromatic carbocycles. The average molecular weight is 334 g/mol. The number of nitrogens with one attached hydrogen (secondary N) is 1. The Morgan fingerprint density at radius 3 is 2.40 bits per heavy atom. The maximum atomic E-state index is 12.4. The van der Waals surface area contributed by atoms with Crippen LogP contribution in [0.2, 0.25) is 0 Å². The van der Waals surface area contributed by atoms with Crippen molar-refractivity contribution >= 4 is 17.7 Å². The van der Waals surface area contributed by atoms with Crippen LogP contribution in [0, 0.1) is 25.2 Å². The summed E-state index contributed by atoms with van der Waals surface area (Å²) in [4.78, 5) is 12.4. The standard InChI is InChI=1S/C21H22N2O2/c1-14(2)25-19-8-6-17(7-9-19)12-18(13-22)21(24)23-20-10-5-15(3)11-16(20)4/h5-12,14H,1-4H3,(H,23,24)/b18-12+. The van der Waals surface area contributed by atoms with Gasteiger partial charge in [-0.15, -0.1) is 0 Å². The minimum Gasteiger partial charge on any atom is -0.491 e. The number of benzene rings is 2. The molecule has 0 aliphatic rings. The number of ether oxygens (including phenoxy) is 1. The molecule has 0 aliphatic carbocycles. The van der Waals surface area contributed by atoms with E-state index in [0.717, 1.165) is 22.4 Å². The number of nitrogens with zero attached hydrogens (tertiary/aromatic N) is 1. The first-order chi connectivity index (χ1) is 11.9. The van der Waals surface area contributed by atoms with Gasteiger partial charge in [0.2, 0.25) is 0 Å². The van der Waals surface area contributed by atoms with E-state index in [9.17, 15) is 10.1 Å². The quantitative estimate of drug-likeness (QED) is 0.640. The SMILES string of the molecule is Cc1ccc(NC(=O)/C(C#N)=C/c2ccc(OC(C)C)cc2)c(C)c1. The number of hydrogen-bond acceptors (Lipinski definition) is 3. The van der Waals surface area contributed by atoms with Gasteiger partial charge in [-0.05, 0) is 63.1 Å². The number of aryl methyl sites for hydroxylation is 2. The maximum Gasteiger partial charge on any atom is 0.266 e. The number of anilines is 1. The van der Waals surface area contributed by atoms with Crippen molar-refractivity contribution in [1.82, 2.24) is 0 Å². The second-order valence-electron chi connectivity index (χ2n) is 6.18. The van der Waals surface area contributed by atoms with E-state index in [2.05, 4.69) is 5.32 Å². The van der Waals surface area contributed by atoms with Gasteiger partial charge < -0.3 is 10.1 Å². The molecule has 0 atom stereocenters. The van der Waals surface area contributed by atoms with Gasteiger partial charge in [0.05, 0.1) is 6.10 Å². The zero-order valence-electron chi connectivity index (χ0n) is 15.0. The lowest BCUT2D eigenvalue weighted by molar-refractivity contribution is -0.112. The molecule has 0 spiro atoms. The highest BCUT2D eigenvalue weighted by molar-refractivity contribution is 6.09. The van der Waals surface area contributed by atoms with Crippen LogP contribution in [0.15, 0.2) is 48.0 Å². The Hall–Kier alpha value is -3.06. The first kappa shape index (κ1) is 18.3. The predicted octanol–water partition coefficient (Wildman–Crippen LogP) is 4.64. The summed E-state index contributed by atoms with van der Waals surface area (Å²) in [6.07, 6.45) is 1.66. The number of carbonyl (C=O) groups excluding carboxylic acids is 1. The van der Waals surface area contributed by atoms with Crippen LogP contribution in [0.4, 0.5) is 5.69 Å². The Morgan fingerprint density at radius 1 is 1.16 bits per heavy atom. The molecule has 0 aromatic heterocycles. The van der Waals surface area contributed by atoms with Gasteiger partial charge >= 0.3 is 0 Å². The summed E-state index contributed by atoms with van der Waals surface area (Å²) < 4.78 is 5.58. The maximum absolute atomic E-state index is 12.4. The van der Waals surface area contributed by atoms with Crippen LogP contribution in [0.1, 0.15) is 30.5 Å². The van der Waals surface area contributed by atoms with Gasteiger partial charge in [-0.1, -0.05) is 29.8 Å². The van der Waals surface area contributed by atoms with Gasteiger partial charge in [0, 0.05) is 5.69 Å². The molecule has 0 heterocycles. The number of nitriles is 1. The molecule has 0 unspecified atom stereocenters. The van der Waals surface area contributed by atoms with Crippen LogP contribution in [0.25, 0.3) is 6.08 Å². The molecule has 1 amide bonds. The first-order valence-electron chi connectivity index (χ1n) is 8.16. The Kier molecular flexibility index (Phi) is 5.97. The van der Waals surface area contributed by atoms with Gasteiger partial charge in [-0.2, -0.15) is 5.26 Å². The number of carbonyl (C=O) groups is 1. The van der Waals surface area contributed by atoms with E-state index in [1.807, 2.05) is 76.2 Å². The molecule has 4 nitrogen and oxygen atoms in total. The van der Waals surface area contributed by atoms with E-state index < -0.39 is 5.91 Å². The van der Waals surface area contributed by atoms with Crippen LogP contribution >= 0.6 is 0 Å². The third-order valence-corrected chi connectivity index (χ3v) is 3.56. The summed E-state index contributed by atoms with van der Waals surface area (Å²) in [7, 11) is 0. The van der Waals surface area contributed by atoms with E-state index in [1.54, 1.807) is 6.08 Å². The van der Waals surface area contributed by atoms with Crippen molar-refractivity contribution in [3.8, 4) is 11.8 Å². The third-order valence-electron chi connectivity index (χ3n) is 3.56. The summed E-state index contributed by atoms with van der Waals surface area (Å²) in [5, 5.41) is 12.1. The Bertz CT molecular complexity index is 828. The highest BCUT2D eigenvalue weighted by Crippen LogP contribution is 2.19. The minimum absolute atomic E-state index is 0.0532. The molecule has 0 fully saturated rings. The lowest BCUT2D eigenvalue weighted by atomic mass is 10.1. The second-order valence-corrected chi connectivity index (χ2v) is 6.18. The van der Waals surface area contributed by atoms with E-state index in [0.29, 0.717) is 5.69 Å². The molecule has 1 N–H and O–H groups in total. The van der Waals surface area contributed by atoms with E-state index >= 15 is 0 Å². The fraction of sp³-hybridized carbons (Fsp3) is 0.238. The van der Waals surface area contributed by atoms with Crippen molar-refractivity contribution in [2.75, 3.05) is 5.32 Å². The summed E-state index contributed by atoms with van der Waals surface area (Å²) >= 11 is 0. The van der Waals surface area contributed by atoms with Crippen LogP contribution in [-0.4, -0.2) is 12.0 Å². The van der Waals surface area contributed by atoms with Crippen molar-refractivity contribution in [3.63, 3.8) is 0 Å². The molecule has 2 aromatic rings. The lowest BCUT2D eigenvalue weighted by Crippen LogP contribution is -2.14. The molecule has 25 heavy (non-hydrogen) atoms. The average Bonchev–Trinajstić information content (AvgIpc) is 2.56. The fourth-order valence-corrected chi connectivity index (χ4v) is 2.37. The molecule has 2 rings (SSSR count). The molecule has 0 saturated carbocycles.